The Bertz CT molecular complexity index is 916. The number of ether oxygens (including phenoxy) is 2. The monoisotopic (exact) mass is 423 g/mol. The SMILES string of the molecule is COc1cc2c(cc1C(F)(F)F)N(C(=O)Nc1ccccc1OCCN(C)C)CC2. The van der Waals surface area contributed by atoms with Gasteiger partial charge in [0.1, 0.15) is 18.1 Å². The molecule has 0 radical (unpaired) electrons. The summed E-state index contributed by atoms with van der Waals surface area (Å²) in [5, 5.41) is 2.75. The second-order valence-corrected chi connectivity index (χ2v) is 7.16. The number of para-hydroxylation sites is 2. The van der Waals surface area contributed by atoms with E-state index >= 15 is 0 Å². The van der Waals surface area contributed by atoms with Gasteiger partial charge in [0.25, 0.3) is 0 Å². The Morgan fingerprint density at radius 1 is 1.20 bits per heavy atom. The summed E-state index contributed by atoms with van der Waals surface area (Å²) in [7, 11) is 5.04. The summed E-state index contributed by atoms with van der Waals surface area (Å²) in [5.41, 5.74) is 0.410. The number of carbonyl (C=O) groups is 1. The lowest BCUT2D eigenvalue weighted by molar-refractivity contribution is -0.138. The first-order valence-electron chi connectivity index (χ1n) is 9.44. The highest BCUT2D eigenvalue weighted by molar-refractivity contribution is 6.04. The number of methoxy groups -OCH3 is 1. The Balaban J connectivity index is 1.81. The molecule has 2 aromatic carbocycles. The van der Waals surface area contributed by atoms with Crippen molar-refractivity contribution in [3.8, 4) is 11.5 Å². The van der Waals surface area contributed by atoms with Gasteiger partial charge < -0.3 is 19.7 Å². The molecule has 0 saturated carbocycles. The summed E-state index contributed by atoms with van der Waals surface area (Å²) in [6, 6.07) is 8.76. The Morgan fingerprint density at radius 2 is 1.93 bits per heavy atom. The summed E-state index contributed by atoms with van der Waals surface area (Å²) >= 11 is 0. The van der Waals surface area contributed by atoms with Gasteiger partial charge >= 0.3 is 12.2 Å². The maximum absolute atomic E-state index is 13.4. The largest absolute Gasteiger partial charge is 0.496 e. The van der Waals surface area contributed by atoms with Crippen LogP contribution in [-0.4, -0.2) is 51.8 Å². The second-order valence-electron chi connectivity index (χ2n) is 7.16. The van der Waals surface area contributed by atoms with Crippen LogP contribution in [-0.2, 0) is 12.6 Å². The molecule has 1 N–H and O–H groups in total. The quantitative estimate of drug-likeness (QED) is 0.755. The maximum Gasteiger partial charge on any atom is 0.420 e. The molecule has 1 heterocycles. The van der Waals surface area contributed by atoms with Crippen molar-refractivity contribution in [1.29, 1.82) is 0 Å². The number of nitrogens with one attached hydrogen (secondary N) is 1. The zero-order chi connectivity index (χ0) is 21.9. The lowest BCUT2D eigenvalue weighted by Gasteiger charge is -2.21. The number of fused-ring (bicyclic) bond motifs is 1. The maximum atomic E-state index is 13.4. The average molecular weight is 423 g/mol. The van der Waals surface area contributed by atoms with E-state index in [1.54, 1.807) is 24.3 Å². The molecule has 3 rings (SSSR count). The summed E-state index contributed by atoms with van der Waals surface area (Å²) in [5.74, 6) is 0.251. The van der Waals surface area contributed by atoms with Crippen molar-refractivity contribution in [1.82, 2.24) is 4.90 Å². The van der Waals surface area contributed by atoms with Crippen molar-refractivity contribution in [2.45, 2.75) is 12.6 Å². The van der Waals surface area contributed by atoms with E-state index in [9.17, 15) is 18.0 Å². The van der Waals surface area contributed by atoms with Crippen molar-refractivity contribution in [2.75, 3.05) is 51.1 Å². The first-order chi connectivity index (χ1) is 14.2. The molecule has 1 aliphatic heterocycles. The predicted molar refractivity (Wildman–Crippen MR) is 109 cm³/mol. The molecule has 6 nitrogen and oxygen atoms in total. The van der Waals surface area contributed by atoms with Crippen LogP contribution in [0.15, 0.2) is 36.4 Å². The third-order valence-corrected chi connectivity index (χ3v) is 4.77. The highest BCUT2D eigenvalue weighted by atomic mass is 19.4. The van der Waals surface area contributed by atoms with Gasteiger partial charge in [-0.1, -0.05) is 12.1 Å². The summed E-state index contributed by atoms with van der Waals surface area (Å²) in [6.07, 6.45) is -4.14. The Labute approximate surface area is 173 Å². The molecular formula is C21H24F3N3O3. The predicted octanol–water partition coefficient (Wildman–Crippen LogP) is 4.25. The van der Waals surface area contributed by atoms with Crippen molar-refractivity contribution >= 4 is 17.4 Å². The Hall–Kier alpha value is -2.94. The third-order valence-electron chi connectivity index (χ3n) is 4.77. The number of amides is 2. The molecule has 0 unspecified atom stereocenters. The number of hydrogen-bond acceptors (Lipinski definition) is 4. The van der Waals surface area contributed by atoms with E-state index in [1.807, 2.05) is 19.0 Å². The molecule has 30 heavy (non-hydrogen) atoms. The minimum absolute atomic E-state index is 0.228. The molecule has 0 bridgehead atoms. The fraction of sp³-hybridized carbons (Fsp3) is 0.381. The highest BCUT2D eigenvalue weighted by Crippen LogP contribution is 2.42. The van der Waals surface area contributed by atoms with E-state index in [0.29, 0.717) is 36.6 Å². The van der Waals surface area contributed by atoms with E-state index < -0.39 is 17.8 Å². The molecular weight excluding hydrogens is 399 g/mol. The molecule has 0 spiro atoms. The Morgan fingerprint density at radius 3 is 2.60 bits per heavy atom. The normalized spacial score (nSPS) is 13.4. The van der Waals surface area contributed by atoms with Gasteiger partial charge in [-0.25, -0.2) is 4.79 Å². The Kier molecular flexibility index (Phi) is 6.40. The molecule has 162 valence electrons. The molecule has 0 aromatic heterocycles. The second kappa shape index (κ2) is 8.83. The number of rotatable bonds is 6. The van der Waals surface area contributed by atoms with E-state index in [4.69, 9.17) is 9.47 Å². The van der Waals surface area contributed by atoms with Gasteiger partial charge in [0.05, 0.1) is 18.4 Å². The number of nitrogens with zero attached hydrogens (tertiary/aromatic N) is 2. The van der Waals surface area contributed by atoms with E-state index in [2.05, 4.69) is 5.32 Å². The molecule has 1 aliphatic rings. The molecule has 0 saturated heterocycles. The lowest BCUT2D eigenvalue weighted by atomic mass is 10.1. The summed E-state index contributed by atoms with van der Waals surface area (Å²) in [4.78, 5) is 16.1. The summed E-state index contributed by atoms with van der Waals surface area (Å²) in [6.45, 7) is 1.40. The summed E-state index contributed by atoms with van der Waals surface area (Å²) < 4.78 is 50.8. The van der Waals surface area contributed by atoms with Crippen LogP contribution in [0.25, 0.3) is 0 Å². The number of urea groups is 1. The highest BCUT2D eigenvalue weighted by Gasteiger charge is 2.37. The van der Waals surface area contributed by atoms with Crippen molar-refractivity contribution < 1.29 is 27.4 Å². The van der Waals surface area contributed by atoms with Crippen LogP contribution in [0.2, 0.25) is 0 Å². The molecule has 0 aliphatic carbocycles. The zero-order valence-electron chi connectivity index (χ0n) is 17.0. The van der Waals surface area contributed by atoms with Crippen molar-refractivity contribution in [3.05, 3.63) is 47.5 Å². The number of likely N-dealkylation sites (N-methyl/N-ethyl adjacent to an activating group) is 1. The van der Waals surface area contributed by atoms with Gasteiger partial charge in [-0.05, 0) is 50.3 Å². The fourth-order valence-corrected chi connectivity index (χ4v) is 3.23. The van der Waals surface area contributed by atoms with E-state index in [1.165, 1.54) is 18.1 Å². The van der Waals surface area contributed by atoms with Gasteiger partial charge in [0.15, 0.2) is 0 Å². The molecule has 0 atom stereocenters. The average Bonchev–Trinajstić information content (AvgIpc) is 3.10. The van der Waals surface area contributed by atoms with Gasteiger partial charge in [-0.3, -0.25) is 4.90 Å². The number of hydrogen-bond donors (Lipinski definition) is 1. The first-order valence-corrected chi connectivity index (χ1v) is 9.44. The lowest BCUT2D eigenvalue weighted by Crippen LogP contribution is -2.33. The minimum atomic E-state index is -4.59. The van der Waals surface area contributed by atoms with Crippen LogP contribution in [0.4, 0.5) is 29.3 Å². The minimum Gasteiger partial charge on any atom is -0.496 e. The zero-order valence-corrected chi connectivity index (χ0v) is 17.0. The van der Waals surface area contributed by atoms with E-state index in [-0.39, 0.29) is 18.0 Å². The molecule has 0 fully saturated rings. The van der Waals surface area contributed by atoms with Crippen LogP contribution < -0.4 is 19.7 Å². The number of carbonyl (C=O) groups excluding carboxylic acids is 1. The number of alkyl halides is 3. The smallest absolute Gasteiger partial charge is 0.420 e. The van der Waals surface area contributed by atoms with Crippen LogP contribution in [0.1, 0.15) is 11.1 Å². The van der Waals surface area contributed by atoms with Crippen molar-refractivity contribution in [2.24, 2.45) is 0 Å². The van der Waals surface area contributed by atoms with Crippen LogP contribution in [0.3, 0.4) is 0 Å². The van der Waals surface area contributed by atoms with Crippen LogP contribution in [0.5, 0.6) is 11.5 Å². The van der Waals surface area contributed by atoms with Crippen LogP contribution >= 0.6 is 0 Å². The van der Waals surface area contributed by atoms with Gasteiger partial charge in [-0.15, -0.1) is 0 Å². The molecule has 2 aromatic rings. The van der Waals surface area contributed by atoms with Gasteiger partial charge in [0.2, 0.25) is 0 Å². The number of anilines is 2. The van der Waals surface area contributed by atoms with Gasteiger partial charge in [0, 0.05) is 18.8 Å². The fourth-order valence-electron chi connectivity index (χ4n) is 3.23. The van der Waals surface area contributed by atoms with Crippen molar-refractivity contribution in [3.63, 3.8) is 0 Å². The standard InChI is InChI=1S/C21H24F3N3O3/c1-26(2)10-11-30-18-7-5-4-6-16(18)25-20(28)27-9-8-14-12-19(29-3)15(13-17(14)27)21(22,23)24/h4-7,12-13H,8-11H2,1-3H3,(H,25,28). The first kappa shape index (κ1) is 21.8. The third kappa shape index (κ3) is 4.79. The topological polar surface area (TPSA) is 54.0 Å². The number of halogens is 3. The molecule has 9 heteroatoms. The van der Waals surface area contributed by atoms with Crippen LogP contribution in [0, 0.1) is 0 Å². The van der Waals surface area contributed by atoms with Gasteiger partial charge in [-0.2, -0.15) is 13.2 Å². The van der Waals surface area contributed by atoms with E-state index in [0.717, 1.165) is 6.07 Å². The molecule has 2 amide bonds. The number of benzene rings is 2.